The van der Waals surface area contributed by atoms with Crippen molar-refractivity contribution < 1.29 is 24.2 Å². The summed E-state index contributed by atoms with van der Waals surface area (Å²) in [5.41, 5.74) is 1.33. The second-order valence-electron chi connectivity index (χ2n) is 11.1. The predicted molar refractivity (Wildman–Crippen MR) is 125 cm³/mol. The SMILES string of the molecule is CC12C=CC(=O)C=C1CCC1C2C(O)CC2(C)C(C(=O)COC(=O)Cc3ccncc3)CCC12. The molecule has 0 spiro atoms. The van der Waals surface area contributed by atoms with Crippen molar-refractivity contribution in [2.45, 2.75) is 58.5 Å². The van der Waals surface area contributed by atoms with Gasteiger partial charge in [0.25, 0.3) is 0 Å². The highest BCUT2D eigenvalue weighted by Crippen LogP contribution is 2.66. The van der Waals surface area contributed by atoms with E-state index in [-0.39, 0.29) is 47.3 Å². The van der Waals surface area contributed by atoms with E-state index in [4.69, 9.17) is 4.74 Å². The largest absolute Gasteiger partial charge is 0.457 e. The monoisotopic (exact) mass is 463 g/mol. The lowest BCUT2D eigenvalue weighted by molar-refractivity contribution is -0.153. The van der Waals surface area contributed by atoms with Crippen LogP contribution in [0.15, 0.2) is 48.3 Å². The summed E-state index contributed by atoms with van der Waals surface area (Å²) >= 11 is 0. The summed E-state index contributed by atoms with van der Waals surface area (Å²) in [5.74, 6) is 0.0706. The molecule has 1 heterocycles. The summed E-state index contributed by atoms with van der Waals surface area (Å²) in [4.78, 5) is 41.4. The van der Waals surface area contributed by atoms with E-state index >= 15 is 0 Å². The molecule has 7 atom stereocenters. The van der Waals surface area contributed by atoms with Crippen molar-refractivity contribution in [3.63, 3.8) is 0 Å². The van der Waals surface area contributed by atoms with Crippen LogP contribution in [0, 0.1) is 34.5 Å². The van der Waals surface area contributed by atoms with Crippen molar-refractivity contribution in [2.75, 3.05) is 6.61 Å². The van der Waals surface area contributed by atoms with Gasteiger partial charge >= 0.3 is 5.97 Å². The number of ether oxygens (including phenoxy) is 1. The van der Waals surface area contributed by atoms with Crippen LogP contribution in [0.1, 0.15) is 51.5 Å². The molecule has 4 aliphatic carbocycles. The number of aliphatic hydroxyl groups excluding tert-OH is 1. The van der Waals surface area contributed by atoms with Gasteiger partial charge < -0.3 is 9.84 Å². The fraction of sp³-hybridized carbons (Fsp3) is 0.571. The molecule has 1 aromatic rings. The Morgan fingerprint density at radius 2 is 1.94 bits per heavy atom. The Morgan fingerprint density at radius 1 is 1.18 bits per heavy atom. The number of hydrogen-bond donors (Lipinski definition) is 1. The van der Waals surface area contributed by atoms with Gasteiger partial charge in [0.15, 0.2) is 11.6 Å². The Kier molecular flexibility index (Phi) is 5.83. The van der Waals surface area contributed by atoms with Crippen molar-refractivity contribution in [1.29, 1.82) is 0 Å². The van der Waals surface area contributed by atoms with Crippen LogP contribution in [0.25, 0.3) is 0 Å². The van der Waals surface area contributed by atoms with E-state index in [1.807, 2.05) is 6.08 Å². The number of ketones is 2. The number of aromatic nitrogens is 1. The molecular weight excluding hydrogens is 430 g/mol. The quantitative estimate of drug-likeness (QED) is 0.671. The number of carbonyl (C=O) groups excluding carboxylic acids is 3. The highest BCUT2D eigenvalue weighted by Gasteiger charge is 2.62. The normalized spacial score (nSPS) is 38.4. The Bertz CT molecular complexity index is 1060. The minimum absolute atomic E-state index is 0.0334. The van der Waals surface area contributed by atoms with E-state index in [0.29, 0.717) is 18.3 Å². The van der Waals surface area contributed by atoms with Crippen molar-refractivity contribution in [1.82, 2.24) is 4.98 Å². The number of esters is 1. The van der Waals surface area contributed by atoms with Gasteiger partial charge in [-0.2, -0.15) is 0 Å². The molecule has 0 saturated heterocycles. The summed E-state index contributed by atoms with van der Waals surface area (Å²) in [7, 11) is 0. The lowest BCUT2D eigenvalue weighted by atomic mass is 9.46. The fourth-order valence-corrected chi connectivity index (χ4v) is 7.82. The molecule has 5 rings (SSSR count). The number of allylic oxidation sites excluding steroid dienone is 4. The van der Waals surface area contributed by atoms with E-state index in [9.17, 15) is 19.5 Å². The van der Waals surface area contributed by atoms with Gasteiger partial charge in [-0.05, 0) is 79.2 Å². The van der Waals surface area contributed by atoms with E-state index in [0.717, 1.165) is 36.8 Å². The third-order valence-electron chi connectivity index (χ3n) is 9.35. The van der Waals surface area contributed by atoms with E-state index < -0.39 is 12.1 Å². The zero-order chi connectivity index (χ0) is 24.1. The summed E-state index contributed by atoms with van der Waals surface area (Å²) in [6.45, 7) is 4.10. The smallest absolute Gasteiger partial charge is 0.310 e. The summed E-state index contributed by atoms with van der Waals surface area (Å²) in [5, 5.41) is 11.4. The Labute approximate surface area is 200 Å². The first kappa shape index (κ1) is 23.2. The van der Waals surface area contributed by atoms with Gasteiger partial charge in [0.1, 0.15) is 6.61 Å². The molecule has 6 heteroatoms. The lowest BCUT2D eigenvalue weighted by Crippen LogP contribution is -2.56. The molecule has 0 radical (unpaired) electrons. The van der Waals surface area contributed by atoms with Gasteiger partial charge in [0, 0.05) is 29.6 Å². The van der Waals surface area contributed by atoms with Gasteiger partial charge in [-0.25, -0.2) is 0 Å². The molecule has 0 bridgehead atoms. The third kappa shape index (κ3) is 3.76. The number of fused-ring (bicyclic) bond motifs is 5. The first-order valence-electron chi connectivity index (χ1n) is 12.4. The molecular formula is C28H33NO5. The molecule has 0 amide bonds. The maximum Gasteiger partial charge on any atom is 0.310 e. The zero-order valence-electron chi connectivity index (χ0n) is 19.9. The maximum absolute atomic E-state index is 13.2. The van der Waals surface area contributed by atoms with Gasteiger partial charge in [-0.1, -0.05) is 25.5 Å². The van der Waals surface area contributed by atoms with Gasteiger partial charge in [-0.3, -0.25) is 19.4 Å². The van der Waals surface area contributed by atoms with Crippen LogP contribution >= 0.6 is 0 Å². The summed E-state index contributed by atoms with van der Waals surface area (Å²) < 4.78 is 5.36. The van der Waals surface area contributed by atoms with E-state index in [1.165, 1.54) is 0 Å². The maximum atomic E-state index is 13.2. The van der Waals surface area contributed by atoms with Crippen LogP contribution < -0.4 is 0 Å². The number of rotatable bonds is 5. The summed E-state index contributed by atoms with van der Waals surface area (Å²) in [6, 6.07) is 3.52. The lowest BCUT2D eigenvalue weighted by Gasteiger charge is -2.58. The molecule has 7 unspecified atom stereocenters. The Hall–Kier alpha value is -2.60. The second-order valence-corrected chi connectivity index (χ2v) is 11.1. The minimum Gasteiger partial charge on any atom is -0.457 e. The number of carbonyl (C=O) groups is 3. The van der Waals surface area contributed by atoms with Crippen molar-refractivity contribution >= 4 is 17.5 Å². The highest BCUT2D eigenvalue weighted by atomic mass is 16.5. The number of aliphatic hydroxyl groups is 1. The first-order chi connectivity index (χ1) is 16.2. The minimum atomic E-state index is -0.541. The van der Waals surface area contributed by atoms with Crippen molar-refractivity contribution in [2.24, 2.45) is 34.5 Å². The molecule has 3 fully saturated rings. The second kappa shape index (κ2) is 8.56. The number of nitrogens with zero attached hydrogens (tertiary/aromatic N) is 1. The number of Topliss-reactive ketones (excluding diaryl/α,β-unsaturated/α-hetero) is 1. The molecule has 0 aliphatic heterocycles. The molecule has 0 aromatic carbocycles. The van der Waals surface area contributed by atoms with Crippen molar-refractivity contribution in [3.8, 4) is 0 Å². The molecule has 180 valence electrons. The molecule has 34 heavy (non-hydrogen) atoms. The molecule has 1 aromatic heterocycles. The van der Waals surface area contributed by atoms with Crippen LogP contribution in [0.4, 0.5) is 0 Å². The Morgan fingerprint density at radius 3 is 2.71 bits per heavy atom. The average molecular weight is 464 g/mol. The van der Waals surface area contributed by atoms with Gasteiger partial charge in [-0.15, -0.1) is 0 Å². The van der Waals surface area contributed by atoms with Crippen LogP contribution in [0.2, 0.25) is 0 Å². The van der Waals surface area contributed by atoms with E-state index in [2.05, 4.69) is 18.8 Å². The van der Waals surface area contributed by atoms with Gasteiger partial charge in [0.2, 0.25) is 0 Å². The molecule has 4 aliphatic rings. The standard InChI is InChI=1S/C28H33NO5/c1-27-10-7-19(30)14-18(27)3-4-20-21-5-6-22(28(21,2)15-23(31)26(20)27)24(32)16-34-25(33)13-17-8-11-29-12-9-17/h7-12,14,20-23,26,31H,3-6,13,15-16H2,1-2H3. The van der Waals surface area contributed by atoms with Crippen LogP contribution in [-0.4, -0.2) is 40.3 Å². The molecule has 1 N–H and O–H groups in total. The van der Waals surface area contributed by atoms with Gasteiger partial charge in [0.05, 0.1) is 12.5 Å². The zero-order valence-corrected chi connectivity index (χ0v) is 19.9. The summed E-state index contributed by atoms with van der Waals surface area (Å²) in [6.07, 6.45) is 12.3. The van der Waals surface area contributed by atoms with Crippen LogP contribution in [-0.2, 0) is 25.5 Å². The van der Waals surface area contributed by atoms with Crippen LogP contribution in [0.3, 0.4) is 0 Å². The molecule has 6 nitrogen and oxygen atoms in total. The third-order valence-corrected chi connectivity index (χ3v) is 9.35. The predicted octanol–water partition coefficient (Wildman–Crippen LogP) is 3.63. The molecule has 3 saturated carbocycles. The first-order valence-corrected chi connectivity index (χ1v) is 12.4. The highest BCUT2D eigenvalue weighted by molar-refractivity contribution is 6.01. The van der Waals surface area contributed by atoms with Crippen LogP contribution in [0.5, 0.6) is 0 Å². The Balaban J connectivity index is 1.28. The van der Waals surface area contributed by atoms with E-state index in [1.54, 1.807) is 36.7 Å². The number of hydrogen-bond acceptors (Lipinski definition) is 6. The number of pyridine rings is 1. The van der Waals surface area contributed by atoms with Crippen molar-refractivity contribution in [3.05, 3.63) is 53.9 Å². The average Bonchev–Trinajstić information content (AvgIpc) is 3.15. The fourth-order valence-electron chi connectivity index (χ4n) is 7.82. The topological polar surface area (TPSA) is 93.6 Å².